The van der Waals surface area contributed by atoms with Gasteiger partial charge < -0.3 is 5.11 Å². The SMILES string of the molecule is Cc1ccc(C)c(C(O)c2cn[nH]c2)c1. The van der Waals surface area contributed by atoms with Crippen LogP contribution in [0.25, 0.3) is 0 Å². The van der Waals surface area contributed by atoms with E-state index >= 15 is 0 Å². The standard InChI is InChI=1S/C12H14N2O/c1-8-3-4-9(2)11(5-8)12(15)10-6-13-14-7-10/h3-7,12,15H,1-2H3,(H,13,14). The molecule has 0 aliphatic rings. The van der Waals surface area contributed by atoms with E-state index in [9.17, 15) is 5.11 Å². The van der Waals surface area contributed by atoms with Gasteiger partial charge in [-0.1, -0.05) is 23.8 Å². The van der Waals surface area contributed by atoms with Crippen molar-refractivity contribution < 1.29 is 5.11 Å². The second kappa shape index (κ2) is 3.87. The van der Waals surface area contributed by atoms with E-state index in [-0.39, 0.29) is 0 Å². The Bertz CT molecular complexity index is 449. The fourth-order valence-electron chi connectivity index (χ4n) is 1.64. The van der Waals surface area contributed by atoms with Crippen molar-refractivity contribution in [3.63, 3.8) is 0 Å². The Kier molecular flexibility index (Phi) is 2.56. The Labute approximate surface area is 88.8 Å². The number of nitrogens with one attached hydrogen (secondary N) is 1. The van der Waals surface area contributed by atoms with Gasteiger partial charge in [0.05, 0.1) is 6.20 Å². The molecule has 0 spiro atoms. The highest BCUT2D eigenvalue weighted by atomic mass is 16.3. The fraction of sp³-hybridized carbons (Fsp3) is 0.250. The number of aryl methyl sites for hydroxylation is 2. The predicted molar refractivity (Wildman–Crippen MR) is 58.6 cm³/mol. The van der Waals surface area contributed by atoms with Crippen molar-refractivity contribution in [2.45, 2.75) is 20.0 Å². The Morgan fingerprint density at radius 3 is 2.80 bits per heavy atom. The number of aromatic amines is 1. The number of H-pyrrole nitrogens is 1. The van der Waals surface area contributed by atoms with Crippen LogP contribution in [-0.4, -0.2) is 15.3 Å². The summed E-state index contributed by atoms with van der Waals surface area (Å²) in [5.74, 6) is 0. The molecule has 78 valence electrons. The highest BCUT2D eigenvalue weighted by molar-refractivity contribution is 5.36. The van der Waals surface area contributed by atoms with Crippen molar-refractivity contribution in [3.8, 4) is 0 Å². The Hall–Kier alpha value is -1.61. The normalized spacial score (nSPS) is 12.7. The molecule has 2 N–H and O–H groups in total. The van der Waals surface area contributed by atoms with Gasteiger partial charge >= 0.3 is 0 Å². The maximum atomic E-state index is 10.1. The largest absolute Gasteiger partial charge is 0.384 e. The third kappa shape index (κ3) is 1.92. The minimum absolute atomic E-state index is 0.594. The average Bonchev–Trinajstić information content (AvgIpc) is 2.74. The molecule has 1 atom stereocenters. The molecule has 0 bridgehead atoms. The van der Waals surface area contributed by atoms with Crippen molar-refractivity contribution >= 4 is 0 Å². The highest BCUT2D eigenvalue weighted by Gasteiger charge is 2.13. The first kappa shape index (κ1) is 9.93. The number of aromatic nitrogens is 2. The number of rotatable bonds is 2. The van der Waals surface area contributed by atoms with Crippen LogP contribution in [0.1, 0.15) is 28.4 Å². The molecule has 0 aliphatic heterocycles. The molecular formula is C12H14N2O. The monoisotopic (exact) mass is 202 g/mol. The van der Waals surface area contributed by atoms with E-state index in [1.54, 1.807) is 12.4 Å². The lowest BCUT2D eigenvalue weighted by molar-refractivity contribution is 0.219. The van der Waals surface area contributed by atoms with Gasteiger partial charge in [-0.3, -0.25) is 5.10 Å². The highest BCUT2D eigenvalue weighted by Crippen LogP contribution is 2.24. The van der Waals surface area contributed by atoms with Crippen LogP contribution in [0.15, 0.2) is 30.6 Å². The number of aliphatic hydroxyl groups excluding tert-OH is 1. The van der Waals surface area contributed by atoms with Gasteiger partial charge in [-0.2, -0.15) is 5.10 Å². The second-order valence-corrected chi connectivity index (χ2v) is 3.79. The molecule has 2 aromatic rings. The first-order valence-corrected chi connectivity index (χ1v) is 4.92. The third-order valence-corrected chi connectivity index (χ3v) is 2.56. The number of nitrogens with zero attached hydrogens (tertiary/aromatic N) is 1. The first-order chi connectivity index (χ1) is 7.18. The van der Waals surface area contributed by atoms with Crippen molar-refractivity contribution in [2.24, 2.45) is 0 Å². The third-order valence-electron chi connectivity index (χ3n) is 2.56. The summed E-state index contributed by atoms with van der Waals surface area (Å²) < 4.78 is 0. The number of hydrogen-bond donors (Lipinski definition) is 2. The van der Waals surface area contributed by atoms with Crippen LogP contribution in [0.3, 0.4) is 0 Å². The summed E-state index contributed by atoms with van der Waals surface area (Å²) >= 11 is 0. The maximum absolute atomic E-state index is 10.1. The number of aliphatic hydroxyl groups is 1. The summed E-state index contributed by atoms with van der Waals surface area (Å²) in [6, 6.07) is 6.07. The van der Waals surface area contributed by atoms with Gasteiger partial charge in [-0.15, -0.1) is 0 Å². The van der Waals surface area contributed by atoms with Gasteiger partial charge in [0.1, 0.15) is 6.10 Å². The lowest BCUT2D eigenvalue weighted by atomic mass is 9.98. The molecule has 0 fully saturated rings. The predicted octanol–water partition coefficient (Wildman–Crippen LogP) is 2.11. The second-order valence-electron chi connectivity index (χ2n) is 3.79. The van der Waals surface area contributed by atoms with Crippen molar-refractivity contribution in [2.75, 3.05) is 0 Å². The first-order valence-electron chi connectivity index (χ1n) is 4.92. The molecular weight excluding hydrogens is 188 g/mol. The van der Waals surface area contributed by atoms with E-state index in [4.69, 9.17) is 0 Å². The summed E-state index contributed by atoms with van der Waals surface area (Å²) in [5.41, 5.74) is 3.98. The number of benzene rings is 1. The number of hydrogen-bond acceptors (Lipinski definition) is 2. The van der Waals surface area contributed by atoms with Crippen LogP contribution in [-0.2, 0) is 0 Å². The van der Waals surface area contributed by atoms with E-state index in [1.165, 1.54) is 0 Å². The Morgan fingerprint density at radius 1 is 1.33 bits per heavy atom. The molecule has 3 heteroatoms. The van der Waals surface area contributed by atoms with Gasteiger partial charge in [-0.05, 0) is 25.0 Å². The van der Waals surface area contributed by atoms with Crippen LogP contribution in [0, 0.1) is 13.8 Å². The van der Waals surface area contributed by atoms with E-state index in [0.717, 1.165) is 22.3 Å². The zero-order valence-corrected chi connectivity index (χ0v) is 8.86. The van der Waals surface area contributed by atoms with E-state index < -0.39 is 6.10 Å². The van der Waals surface area contributed by atoms with Gasteiger partial charge in [0.25, 0.3) is 0 Å². The van der Waals surface area contributed by atoms with Gasteiger partial charge in [0, 0.05) is 11.8 Å². The summed E-state index contributed by atoms with van der Waals surface area (Å²) in [5, 5.41) is 16.7. The molecule has 0 amide bonds. The van der Waals surface area contributed by atoms with Gasteiger partial charge in [-0.25, -0.2) is 0 Å². The molecule has 0 aliphatic carbocycles. The zero-order chi connectivity index (χ0) is 10.8. The van der Waals surface area contributed by atoms with Crippen LogP contribution >= 0.6 is 0 Å². The van der Waals surface area contributed by atoms with E-state index in [2.05, 4.69) is 10.2 Å². The molecule has 2 rings (SSSR count). The molecule has 0 radical (unpaired) electrons. The average molecular weight is 202 g/mol. The molecule has 1 heterocycles. The van der Waals surface area contributed by atoms with Crippen LogP contribution in [0.2, 0.25) is 0 Å². The lowest BCUT2D eigenvalue weighted by Crippen LogP contribution is -2.01. The van der Waals surface area contributed by atoms with E-state index in [1.807, 2.05) is 32.0 Å². The Balaban J connectivity index is 2.41. The molecule has 3 nitrogen and oxygen atoms in total. The summed E-state index contributed by atoms with van der Waals surface area (Å²) in [7, 11) is 0. The molecule has 0 saturated carbocycles. The van der Waals surface area contributed by atoms with Crippen molar-refractivity contribution in [3.05, 3.63) is 52.8 Å². The molecule has 0 saturated heterocycles. The zero-order valence-electron chi connectivity index (χ0n) is 8.86. The van der Waals surface area contributed by atoms with Crippen LogP contribution in [0.4, 0.5) is 0 Å². The topological polar surface area (TPSA) is 48.9 Å². The van der Waals surface area contributed by atoms with Crippen molar-refractivity contribution in [1.29, 1.82) is 0 Å². The fourth-order valence-corrected chi connectivity index (χ4v) is 1.64. The lowest BCUT2D eigenvalue weighted by Gasteiger charge is -2.12. The van der Waals surface area contributed by atoms with E-state index in [0.29, 0.717) is 0 Å². The minimum Gasteiger partial charge on any atom is -0.384 e. The van der Waals surface area contributed by atoms with Gasteiger partial charge in [0.2, 0.25) is 0 Å². The summed E-state index contributed by atoms with van der Waals surface area (Å²) in [6.07, 6.45) is 2.77. The summed E-state index contributed by atoms with van der Waals surface area (Å²) in [6.45, 7) is 4.02. The van der Waals surface area contributed by atoms with Gasteiger partial charge in [0.15, 0.2) is 0 Å². The van der Waals surface area contributed by atoms with Crippen LogP contribution in [0.5, 0.6) is 0 Å². The molecule has 1 aromatic heterocycles. The minimum atomic E-state index is -0.594. The quantitative estimate of drug-likeness (QED) is 0.783. The Morgan fingerprint density at radius 2 is 2.13 bits per heavy atom. The molecule has 1 unspecified atom stereocenters. The van der Waals surface area contributed by atoms with Crippen molar-refractivity contribution in [1.82, 2.24) is 10.2 Å². The van der Waals surface area contributed by atoms with Crippen LogP contribution < -0.4 is 0 Å². The molecule has 15 heavy (non-hydrogen) atoms. The molecule has 1 aromatic carbocycles. The summed E-state index contributed by atoms with van der Waals surface area (Å²) in [4.78, 5) is 0. The smallest absolute Gasteiger partial charge is 0.107 e. The maximum Gasteiger partial charge on any atom is 0.107 e.